The van der Waals surface area contributed by atoms with E-state index in [1.165, 1.54) is 49.6 Å². The number of hydrogen-bond donors (Lipinski definition) is 0. The predicted molar refractivity (Wildman–Crippen MR) is 272 cm³/mol. The molecule has 66 heavy (non-hydrogen) atoms. The number of fused-ring (bicyclic) bond motifs is 15. The van der Waals surface area contributed by atoms with Crippen molar-refractivity contribution in [2.24, 2.45) is 5.92 Å². The molecule has 14 aromatic rings. The lowest BCUT2D eigenvalue weighted by atomic mass is 9.92. The Balaban J connectivity index is 0.862. The molecule has 5 heterocycles. The molecular weight excluding hydrogens is 809 g/mol. The number of hydrogen-bond acceptors (Lipinski definition) is 3. The lowest BCUT2D eigenvalue weighted by Gasteiger charge is -2.15. The topological polar surface area (TPSA) is 49.3 Å². The highest BCUT2D eigenvalue weighted by atomic mass is 16.3. The highest BCUT2D eigenvalue weighted by molar-refractivity contribution is 6.13. The molecule has 0 radical (unpaired) electrons. The maximum Gasteiger partial charge on any atom is 0.135 e. The SMILES string of the molecule is CC1C=Cc2c(c3cc(-c4ccc5oc6ccccc6c5c4)ccc3n2-c2ccc3oc4ccc(-n5c6ccccc6c6cc(-c7ccc8oc9ccccc9c8c7)ccc65)cc4c3c2)C1. The molecule has 5 heteroatoms. The average Bonchev–Trinajstić information content (AvgIpc) is 4.17. The van der Waals surface area contributed by atoms with E-state index in [2.05, 4.69) is 186 Å². The lowest BCUT2D eigenvalue weighted by molar-refractivity contribution is 0.668. The summed E-state index contributed by atoms with van der Waals surface area (Å²) in [5.41, 5.74) is 18.5. The Morgan fingerprint density at radius 1 is 0.364 bits per heavy atom. The van der Waals surface area contributed by atoms with E-state index in [-0.39, 0.29) is 0 Å². The minimum Gasteiger partial charge on any atom is -0.456 e. The first-order valence-corrected chi connectivity index (χ1v) is 22.8. The van der Waals surface area contributed by atoms with Crippen LogP contribution < -0.4 is 0 Å². The van der Waals surface area contributed by atoms with Gasteiger partial charge in [0.2, 0.25) is 0 Å². The summed E-state index contributed by atoms with van der Waals surface area (Å²) in [7, 11) is 0. The zero-order valence-electron chi connectivity index (χ0n) is 35.9. The van der Waals surface area contributed by atoms with E-state index in [1.54, 1.807) is 0 Å². The van der Waals surface area contributed by atoms with Gasteiger partial charge in [0.25, 0.3) is 0 Å². The third kappa shape index (κ3) is 5.11. The summed E-state index contributed by atoms with van der Waals surface area (Å²) in [5, 5.41) is 10.5. The largest absolute Gasteiger partial charge is 0.456 e. The molecular formula is C61H38N2O3. The van der Waals surface area contributed by atoms with E-state index in [1.807, 2.05) is 24.3 Å². The maximum atomic E-state index is 6.57. The Bertz CT molecular complexity index is 4410. The second-order valence-corrected chi connectivity index (χ2v) is 18.1. The molecule has 0 aliphatic heterocycles. The number of benzene rings is 9. The summed E-state index contributed by atoms with van der Waals surface area (Å²) in [6.07, 6.45) is 5.67. The van der Waals surface area contributed by atoms with Crippen molar-refractivity contribution < 1.29 is 13.3 Å². The Kier molecular flexibility index (Phi) is 7.20. The van der Waals surface area contributed by atoms with Crippen LogP contribution in [0, 0.1) is 5.92 Å². The van der Waals surface area contributed by atoms with E-state index in [0.29, 0.717) is 5.92 Å². The van der Waals surface area contributed by atoms with Crippen molar-refractivity contribution in [3.05, 3.63) is 199 Å². The van der Waals surface area contributed by atoms with Crippen LogP contribution >= 0.6 is 0 Å². The summed E-state index contributed by atoms with van der Waals surface area (Å²) in [5.74, 6) is 0.451. The molecule has 0 fully saturated rings. The Hall–Kier alpha value is -8.54. The fourth-order valence-corrected chi connectivity index (χ4v) is 11.1. The first-order chi connectivity index (χ1) is 32.6. The van der Waals surface area contributed by atoms with Crippen LogP contribution in [0.3, 0.4) is 0 Å². The van der Waals surface area contributed by atoms with E-state index in [9.17, 15) is 0 Å². The molecule has 15 rings (SSSR count). The van der Waals surface area contributed by atoms with Crippen LogP contribution in [-0.4, -0.2) is 9.13 Å². The summed E-state index contributed by atoms with van der Waals surface area (Å²) in [6.45, 7) is 2.31. The summed E-state index contributed by atoms with van der Waals surface area (Å²) in [6, 6.07) is 65.5. The monoisotopic (exact) mass is 846 g/mol. The maximum absolute atomic E-state index is 6.57. The number of rotatable bonds is 4. The van der Waals surface area contributed by atoms with Crippen LogP contribution in [0.4, 0.5) is 0 Å². The summed E-state index contributed by atoms with van der Waals surface area (Å²) < 4.78 is 23.8. The average molecular weight is 847 g/mol. The van der Waals surface area contributed by atoms with Gasteiger partial charge in [0, 0.05) is 65.5 Å². The molecule has 5 nitrogen and oxygen atoms in total. The van der Waals surface area contributed by atoms with Crippen molar-refractivity contribution >= 4 is 105 Å². The van der Waals surface area contributed by atoms with Gasteiger partial charge in [0.05, 0.1) is 16.6 Å². The first-order valence-electron chi connectivity index (χ1n) is 22.8. The molecule has 0 N–H and O–H groups in total. The smallest absolute Gasteiger partial charge is 0.135 e. The first kappa shape index (κ1) is 35.9. The zero-order valence-corrected chi connectivity index (χ0v) is 35.9. The van der Waals surface area contributed by atoms with Gasteiger partial charge in [-0.05, 0) is 149 Å². The van der Waals surface area contributed by atoms with Crippen LogP contribution in [0.5, 0.6) is 0 Å². The van der Waals surface area contributed by atoms with Crippen LogP contribution in [0.2, 0.25) is 0 Å². The van der Waals surface area contributed by atoms with Gasteiger partial charge in [0.1, 0.15) is 33.5 Å². The van der Waals surface area contributed by atoms with Crippen LogP contribution in [0.1, 0.15) is 18.2 Å². The number of allylic oxidation sites excluding steroid dienone is 1. The summed E-state index contributed by atoms with van der Waals surface area (Å²) >= 11 is 0. The van der Waals surface area contributed by atoms with Crippen molar-refractivity contribution in [3.63, 3.8) is 0 Å². The fraction of sp³-hybridized carbons (Fsp3) is 0.0492. The van der Waals surface area contributed by atoms with Crippen LogP contribution in [-0.2, 0) is 6.42 Å². The van der Waals surface area contributed by atoms with Crippen molar-refractivity contribution in [1.82, 2.24) is 9.13 Å². The Labute approximate surface area is 377 Å². The molecule has 0 amide bonds. The van der Waals surface area contributed by atoms with Gasteiger partial charge in [-0.2, -0.15) is 0 Å². The van der Waals surface area contributed by atoms with Crippen LogP contribution in [0.15, 0.2) is 201 Å². The molecule has 5 aromatic heterocycles. The van der Waals surface area contributed by atoms with Gasteiger partial charge in [-0.3, -0.25) is 0 Å². The molecule has 0 saturated heterocycles. The van der Waals surface area contributed by atoms with Crippen molar-refractivity contribution in [2.75, 3.05) is 0 Å². The Morgan fingerprint density at radius 2 is 0.788 bits per heavy atom. The van der Waals surface area contributed by atoms with Crippen molar-refractivity contribution in [1.29, 1.82) is 0 Å². The standard InChI is InChI=1S/C61H38N2O3/c1-35-14-21-53-45(28-35)47-30-37(39-18-25-59-49(32-39)44-10-4-7-13-57(44)65-59)16-23-55(47)63(53)41-20-27-61-51(34-41)50-33-40(19-26-60(50)66-61)62-52-11-5-2-8-42(52)46-29-36(15-22-54(46)62)38-17-24-58-48(31-38)43-9-3-6-12-56(43)64-58/h2-27,29-35H,28H2,1H3. The van der Waals surface area contributed by atoms with E-state index in [4.69, 9.17) is 13.3 Å². The molecule has 9 aromatic carbocycles. The summed E-state index contributed by atoms with van der Waals surface area (Å²) in [4.78, 5) is 0. The van der Waals surface area contributed by atoms with Gasteiger partial charge < -0.3 is 22.4 Å². The van der Waals surface area contributed by atoms with Gasteiger partial charge in [-0.1, -0.05) is 91.9 Å². The van der Waals surface area contributed by atoms with Gasteiger partial charge in [-0.25, -0.2) is 0 Å². The second kappa shape index (κ2) is 13.3. The molecule has 0 bridgehead atoms. The molecule has 1 atom stereocenters. The van der Waals surface area contributed by atoms with Crippen molar-refractivity contribution in [3.8, 4) is 33.6 Å². The fourth-order valence-electron chi connectivity index (χ4n) is 11.1. The number of aromatic nitrogens is 2. The highest BCUT2D eigenvalue weighted by Gasteiger charge is 2.23. The van der Waals surface area contributed by atoms with Gasteiger partial charge in [-0.15, -0.1) is 0 Å². The van der Waals surface area contributed by atoms with E-state index >= 15 is 0 Å². The quantitative estimate of drug-likeness (QED) is 0.177. The predicted octanol–water partition coefficient (Wildman–Crippen LogP) is 17.0. The zero-order chi connectivity index (χ0) is 43.2. The highest BCUT2D eigenvalue weighted by Crippen LogP contribution is 2.42. The molecule has 1 unspecified atom stereocenters. The second-order valence-electron chi connectivity index (χ2n) is 18.1. The molecule has 0 spiro atoms. The lowest BCUT2D eigenvalue weighted by Crippen LogP contribution is -2.05. The molecule has 1 aliphatic carbocycles. The third-order valence-corrected chi connectivity index (χ3v) is 14.3. The third-order valence-electron chi connectivity index (χ3n) is 14.3. The molecule has 1 aliphatic rings. The number of nitrogens with zero attached hydrogens (tertiary/aromatic N) is 2. The van der Waals surface area contributed by atoms with Crippen molar-refractivity contribution in [2.45, 2.75) is 13.3 Å². The van der Waals surface area contributed by atoms with E-state index < -0.39 is 0 Å². The number of furan rings is 3. The number of para-hydroxylation sites is 3. The minimum absolute atomic E-state index is 0.451. The van der Waals surface area contributed by atoms with Gasteiger partial charge in [0.15, 0.2) is 0 Å². The molecule has 0 saturated carbocycles. The van der Waals surface area contributed by atoms with Crippen LogP contribution in [0.25, 0.3) is 138 Å². The van der Waals surface area contributed by atoms with Gasteiger partial charge >= 0.3 is 0 Å². The minimum atomic E-state index is 0.451. The van der Waals surface area contributed by atoms with E-state index in [0.717, 1.165) is 100 Å². The molecule has 310 valence electrons. The normalized spacial score (nSPS) is 14.2. The Morgan fingerprint density at radius 3 is 1.39 bits per heavy atom.